The second-order valence-electron chi connectivity index (χ2n) is 5.97. The molecule has 0 saturated heterocycles. The maximum absolute atomic E-state index is 12.0. The van der Waals surface area contributed by atoms with Gasteiger partial charge in [0.1, 0.15) is 5.01 Å². The lowest BCUT2D eigenvalue weighted by Gasteiger charge is -2.06. The first-order chi connectivity index (χ1) is 12.3. The number of nitrogens with one attached hydrogen (secondary N) is 1. The SMILES string of the molecule is O=C(CCc1nnc(-c2ccsc2)o1)NCc1nc2c(s1)CCCC2. The Balaban J connectivity index is 1.26. The van der Waals surface area contributed by atoms with E-state index < -0.39 is 0 Å². The lowest BCUT2D eigenvalue weighted by molar-refractivity contribution is -0.121. The topological polar surface area (TPSA) is 80.9 Å². The highest BCUT2D eigenvalue weighted by atomic mass is 32.1. The van der Waals surface area contributed by atoms with E-state index in [-0.39, 0.29) is 5.91 Å². The van der Waals surface area contributed by atoms with Gasteiger partial charge in [-0.3, -0.25) is 4.79 Å². The summed E-state index contributed by atoms with van der Waals surface area (Å²) in [5, 5.41) is 15.9. The van der Waals surface area contributed by atoms with Crippen LogP contribution in [0.15, 0.2) is 21.2 Å². The van der Waals surface area contributed by atoms with E-state index in [1.165, 1.54) is 23.4 Å². The van der Waals surface area contributed by atoms with Crippen LogP contribution in [0.3, 0.4) is 0 Å². The van der Waals surface area contributed by atoms with E-state index in [0.717, 1.165) is 23.4 Å². The first kappa shape index (κ1) is 16.4. The fraction of sp³-hybridized carbons (Fsp3) is 0.412. The lowest BCUT2D eigenvalue weighted by Crippen LogP contribution is -2.23. The van der Waals surface area contributed by atoms with Crippen LogP contribution in [0.1, 0.15) is 40.7 Å². The molecule has 1 amide bonds. The van der Waals surface area contributed by atoms with Crippen molar-refractivity contribution in [3.8, 4) is 11.5 Å². The number of thiazole rings is 1. The number of rotatable bonds is 6. The molecule has 0 atom stereocenters. The van der Waals surface area contributed by atoms with Crippen molar-refractivity contribution < 1.29 is 9.21 Å². The first-order valence-electron chi connectivity index (χ1n) is 8.37. The molecule has 1 aliphatic carbocycles. The molecule has 0 unspecified atom stereocenters. The average molecular weight is 374 g/mol. The van der Waals surface area contributed by atoms with Crippen molar-refractivity contribution in [3.63, 3.8) is 0 Å². The molecule has 25 heavy (non-hydrogen) atoms. The van der Waals surface area contributed by atoms with Crippen molar-refractivity contribution in [1.29, 1.82) is 0 Å². The molecule has 3 aromatic heterocycles. The van der Waals surface area contributed by atoms with Gasteiger partial charge in [-0.15, -0.1) is 21.5 Å². The Morgan fingerprint density at radius 2 is 2.20 bits per heavy atom. The Morgan fingerprint density at radius 1 is 1.28 bits per heavy atom. The highest BCUT2D eigenvalue weighted by Gasteiger charge is 2.16. The van der Waals surface area contributed by atoms with Crippen molar-refractivity contribution in [2.75, 3.05) is 0 Å². The van der Waals surface area contributed by atoms with Crippen LogP contribution in [-0.4, -0.2) is 21.1 Å². The molecule has 0 saturated carbocycles. The van der Waals surface area contributed by atoms with Gasteiger partial charge in [0, 0.05) is 28.7 Å². The van der Waals surface area contributed by atoms with E-state index in [1.54, 1.807) is 22.7 Å². The number of carbonyl (C=O) groups excluding carboxylic acids is 1. The molecule has 1 N–H and O–H groups in total. The van der Waals surface area contributed by atoms with Crippen LogP contribution < -0.4 is 5.32 Å². The van der Waals surface area contributed by atoms with Gasteiger partial charge in [0.15, 0.2) is 0 Å². The average Bonchev–Trinajstić information content (AvgIpc) is 3.37. The van der Waals surface area contributed by atoms with Gasteiger partial charge in [0.2, 0.25) is 17.7 Å². The number of aromatic nitrogens is 3. The minimum absolute atomic E-state index is 0.0246. The fourth-order valence-corrected chi connectivity index (χ4v) is 4.55. The van der Waals surface area contributed by atoms with Crippen LogP contribution in [-0.2, 0) is 30.6 Å². The van der Waals surface area contributed by atoms with Gasteiger partial charge in [0.25, 0.3) is 0 Å². The first-order valence-corrected chi connectivity index (χ1v) is 10.1. The molecular formula is C17H18N4O2S2. The number of amides is 1. The van der Waals surface area contributed by atoms with Gasteiger partial charge in [0.05, 0.1) is 12.2 Å². The number of fused-ring (bicyclic) bond motifs is 1. The van der Waals surface area contributed by atoms with Crippen molar-refractivity contribution in [2.45, 2.75) is 45.1 Å². The van der Waals surface area contributed by atoms with E-state index in [2.05, 4.69) is 20.5 Å². The molecule has 0 fully saturated rings. The summed E-state index contributed by atoms with van der Waals surface area (Å²) in [5.41, 5.74) is 2.15. The molecule has 1 aliphatic rings. The summed E-state index contributed by atoms with van der Waals surface area (Å²) in [6.45, 7) is 0.500. The zero-order valence-electron chi connectivity index (χ0n) is 13.7. The van der Waals surface area contributed by atoms with E-state index in [9.17, 15) is 4.79 Å². The van der Waals surface area contributed by atoms with Gasteiger partial charge in [-0.1, -0.05) is 0 Å². The Morgan fingerprint density at radius 3 is 3.04 bits per heavy atom. The van der Waals surface area contributed by atoms with Crippen molar-refractivity contribution in [2.24, 2.45) is 0 Å². The van der Waals surface area contributed by atoms with Crippen molar-refractivity contribution in [3.05, 3.63) is 38.3 Å². The fourth-order valence-electron chi connectivity index (χ4n) is 2.82. The third kappa shape index (κ3) is 3.96. The predicted octanol–water partition coefficient (Wildman–Crippen LogP) is 3.38. The molecule has 0 radical (unpaired) electrons. The Kier molecular flexibility index (Phi) is 4.89. The molecule has 130 valence electrons. The number of nitrogens with zero attached hydrogens (tertiary/aromatic N) is 3. The quantitative estimate of drug-likeness (QED) is 0.715. The Hall–Kier alpha value is -2.06. The maximum Gasteiger partial charge on any atom is 0.248 e. The van der Waals surface area contributed by atoms with Gasteiger partial charge < -0.3 is 9.73 Å². The number of hydrogen-bond donors (Lipinski definition) is 1. The van der Waals surface area contributed by atoms with E-state index in [1.807, 2.05) is 16.8 Å². The summed E-state index contributed by atoms with van der Waals surface area (Å²) in [4.78, 5) is 18.1. The van der Waals surface area contributed by atoms with Crippen molar-refractivity contribution >= 4 is 28.6 Å². The standard InChI is InChI=1S/C17H18N4O2S2/c22-14(18-9-16-19-12-3-1-2-4-13(12)25-16)5-6-15-20-21-17(23-15)11-7-8-24-10-11/h7-8,10H,1-6,9H2,(H,18,22). The van der Waals surface area contributed by atoms with E-state index >= 15 is 0 Å². The number of thiophene rings is 1. The summed E-state index contributed by atoms with van der Waals surface area (Å²) in [6.07, 6.45) is 5.44. The molecule has 0 spiro atoms. The molecule has 0 aliphatic heterocycles. The monoisotopic (exact) mass is 374 g/mol. The number of aryl methyl sites for hydroxylation is 3. The molecule has 6 nitrogen and oxygen atoms in total. The second kappa shape index (κ2) is 7.45. The third-order valence-corrected chi connectivity index (χ3v) is 5.97. The number of carbonyl (C=O) groups is 1. The normalized spacial score (nSPS) is 13.6. The highest BCUT2D eigenvalue weighted by molar-refractivity contribution is 7.11. The summed E-state index contributed by atoms with van der Waals surface area (Å²) in [7, 11) is 0. The largest absolute Gasteiger partial charge is 0.421 e. The summed E-state index contributed by atoms with van der Waals surface area (Å²) in [6, 6.07) is 1.93. The van der Waals surface area contributed by atoms with Crippen LogP contribution in [0.4, 0.5) is 0 Å². The summed E-state index contributed by atoms with van der Waals surface area (Å²) < 4.78 is 5.59. The van der Waals surface area contributed by atoms with Gasteiger partial charge in [-0.05, 0) is 37.1 Å². The number of hydrogen-bond acceptors (Lipinski definition) is 7. The zero-order valence-corrected chi connectivity index (χ0v) is 15.3. The van der Waals surface area contributed by atoms with Crippen molar-refractivity contribution in [1.82, 2.24) is 20.5 Å². The molecular weight excluding hydrogens is 356 g/mol. The molecule has 0 bridgehead atoms. The smallest absolute Gasteiger partial charge is 0.248 e. The molecule has 8 heteroatoms. The van der Waals surface area contributed by atoms with E-state index in [4.69, 9.17) is 4.42 Å². The van der Waals surface area contributed by atoms with Gasteiger partial charge in [-0.2, -0.15) is 11.3 Å². The summed E-state index contributed by atoms with van der Waals surface area (Å²) in [5.74, 6) is 0.967. The third-order valence-electron chi connectivity index (χ3n) is 4.13. The Labute approximate surface area is 153 Å². The molecule has 0 aromatic carbocycles. The minimum atomic E-state index is -0.0246. The molecule has 3 aromatic rings. The van der Waals surface area contributed by atoms with E-state index in [0.29, 0.717) is 31.2 Å². The Bertz CT molecular complexity index is 831. The molecule has 3 heterocycles. The predicted molar refractivity (Wildman–Crippen MR) is 96.5 cm³/mol. The van der Waals surface area contributed by atoms with Crippen LogP contribution >= 0.6 is 22.7 Å². The van der Waals surface area contributed by atoms with Crippen LogP contribution in [0, 0.1) is 0 Å². The summed E-state index contributed by atoms with van der Waals surface area (Å²) >= 11 is 3.31. The van der Waals surface area contributed by atoms with Gasteiger partial charge in [-0.25, -0.2) is 4.98 Å². The highest BCUT2D eigenvalue weighted by Crippen LogP contribution is 2.26. The van der Waals surface area contributed by atoms with Crippen LogP contribution in [0.25, 0.3) is 11.5 Å². The zero-order chi connectivity index (χ0) is 17.1. The minimum Gasteiger partial charge on any atom is -0.421 e. The molecule has 4 rings (SSSR count). The van der Waals surface area contributed by atoms with Gasteiger partial charge >= 0.3 is 0 Å². The van der Waals surface area contributed by atoms with Crippen LogP contribution in [0.5, 0.6) is 0 Å². The van der Waals surface area contributed by atoms with Crippen LogP contribution in [0.2, 0.25) is 0 Å². The maximum atomic E-state index is 12.0. The lowest BCUT2D eigenvalue weighted by atomic mass is 10.0. The second-order valence-corrected chi connectivity index (χ2v) is 7.92.